The molecule has 0 aliphatic rings. The zero-order valence-corrected chi connectivity index (χ0v) is 7.85. The molecule has 0 aromatic rings. The second-order valence-corrected chi connectivity index (χ2v) is 2.82. The Morgan fingerprint density at radius 1 is 1.73 bits per heavy atom. The summed E-state index contributed by atoms with van der Waals surface area (Å²) < 4.78 is 4.87. The number of ether oxygens (including phenoxy) is 1. The molecule has 3 nitrogen and oxygen atoms in total. The van der Waals surface area contributed by atoms with Gasteiger partial charge < -0.3 is 9.64 Å². The zero-order chi connectivity index (χ0) is 8.85. The predicted molar refractivity (Wildman–Crippen MR) is 47.8 cm³/mol. The molecule has 0 radical (unpaired) electrons. The number of likely N-dealkylation sites (N-methyl/N-ethyl adjacent to an activating group) is 1. The van der Waals surface area contributed by atoms with Gasteiger partial charge in [0.1, 0.15) is 6.10 Å². The molecule has 0 N–H and O–H groups in total. The van der Waals surface area contributed by atoms with Crippen LogP contribution in [0.2, 0.25) is 0 Å². The summed E-state index contributed by atoms with van der Waals surface area (Å²) >= 11 is 4.68. The molecular formula is C7H13NO2S. The van der Waals surface area contributed by atoms with Crippen LogP contribution in [0.25, 0.3) is 0 Å². The standard InChI is InChI=1S/C7H13NO2S/c1-6(9)10-7(5-11)4-8(2)3/h5,7H,4H2,1-3H3. The number of nitrogens with zero attached hydrogens (tertiary/aromatic N) is 1. The Hall–Kier alpha value is -0.480. The molecule has 0 aromatic heterocycles. The van der Waals surface area contributed by atoms with E-state index in [9.17, 15) is 4.79 Å². The van der Waals surface area contributed by atoms with E-state index in [-0.39, 0.29) is 12.1 Å². The van der Waals surface area contributed by atoms with Gasteiger partial charge in [-0.05, 0) is 14.1 Å². The summed E-state index contributed by atoms with van der Waals surface area (Å²) in [6, 6.07) is 0. The summed E-state index contributed by atoms with van der Waals surface area (Å²) in [6.45, 7) is 2.02. The first-order valence-corrected chi connectivity index (χ1v) is 3.80. The average Bonchev–Trinajstić information content (AvgIpc) is 1.84. The molecule has 0 saturated heterocycles. The van der Waals surface area contributed by atoms with Gasteiger partial charge in [0.05, 0.1) is 0 Å². The van der Waals surface area contributed by atoms with Crippen molar-refractivity contribution in [3.8, 4) is 0 Å². The highest BCUT2D eigenvalue weighted by Crippen LogP contribution is 1.91. The summed E-state index contributed by atoms with van der Waals surface area (Å²) in [4.78, 5) is 12.4. The third-order valence-electron chi connectivity index (χ3n) is 1.01. The molecule has 0 aromatic carbocycles. The summed E-state index contributed by atoms with van der Waals surface area (Å²) in [7, 11) is 3.80. The molecule has 1 unspecified atom stereocenters. The summed E-state index contributed by atoms with van der Waals surface area (Å²) in [6.07, 6.45) is -0.266. The number of hydrogen-bond donors (Lipinski definition) is 0. The van der Waals surface area contributed by atoms with Crippen molar-refractivity contribution in [1.82, 2.24) is 4.90 Å². The van der Waals surface area contributed by atoms with E-state index in [0.29, 0.717) is 6.54 Å². The van der Waals surface area contributed by atoms with Crippen molar-refractivity contribution >= 4 is 23.6 Å². The van der Waals surface area contributed by atoms with Crippen LogP contribution in [0.3, 0.4) is 0 Å². The molecular weight excluding hydrogens is 162 g/mol. The van der Waals surface area contributed by atoms with E-state index >= 15 is 0 Å². The minimum absolute atomic E-state index is 0.266. The van der Waals surface area contributed by atoms with Gasteiger partial charge in [0.25, 0.3) is 0 Å². The smallest absolute Gasteiger partial charge is 0.303 e. The van der Waals surface area contributed by atoms with Crippen LogP contribution >= 0.6 is 12.2 Å². The van der Waals surface area contributed by atoms with Crippen molar-refractivity contribution in [3.63, 3.8) is 0 Å². The molecule has 4 heteroatoms. The highest BCUT2D eigenvalue weighted by molar-refractivity contribution is 7.79. The Balaban J connectivity index is 3.76. The molecule has 0 bridgehead atoms. The molecule has 0 saturated carbocycles. The minimum Gasteiger partial charge on any atom is -0.456 e. The van der Waals surface area contributed by atoms with Crippen molar-refractivity contribution < 1.29 is 9.53 Å². The van der Waals surface area contributed by atoms with Gasteiger partial charge in [0.2, 0.25) is 0 Å². The highest BCUT2D eigenvalue weighted by atomic mass is 32.1. The van der Waals surface area contributed by atoms with E-state index in [2.05, 4.69) is 12.2 Å². The molecule has 0 amide bonds. The van der Waals surface area contributed by atoms with Gasteiger partial charge in [0, 0.05) is 18.8 Å². The van der Waals surface area contributed by atoms with E-state index < -0.39 is 0 Å². The lowest BCUT2D eigenvalue weighted by molar-refractivity contribution is -0.143. The zero-order valence-electron chi connectivity index (χ0n) is 7.03. The highest BCUT2D eigenvalue weighted by Gasteiger charge is 2.08. The lowest BCUT2D eigenvalue weighted by Crippen LogP contribution is -2.30. The third-order valence-corrected chi connectivity index (χ3v) is 1.32. The van der Waals surface area contributed by atoms with Crippen LogP contribution in [0, 0.1) is 0 Å². The fourth-order valence-corrected chi connectivity index (χ4v) is 0.823. The number of thiocarbonyl (C=S) groups is 1. The molecule has 0 aliphatic carbocycles. The van der Waals surface area contributed by atoms with Gasteiger partial charge in [-0.3, -0.25) is 4.79 Å². The lowest BCUT2D eigenvalue weighted by Gasteiger charge is -2.16. The van der Waals surface area contributed by atoms with Crippen molar-refractivity contribution in [1.29, 1.82) is 0 Å². The predicted octanol–water partition coefficient (Wildman–Crippen LogP) is 0.479. The number of rotatable bonds is 4. The largest absolute Gasteiger partial charge is 0.456 e. The molecule has 0 heterocycles. The molecule has 0 spiro atoms. The number of carbonyl (C=O) groups excluding carboxylic acids is 1. The Labute approximate surface area is 72.3 Å². The maximum atomic E-state index is 10.5. The van der Waals surface area contributed by atoms with Gasteiger partial charge in [-0.1, -0.05) is 12.2 Å². The minimum atomic E-state index is -0.294. The van der Waals surface area contributed by atoms with Crippen LogP contribution in [0.1, 0.15) is 6.92 Å². The SMILES string of the molecule is CC(=O)OC(C=S)CN(C)C. The first-order valence-electron chi connectivity index (χ1n) is 3.33. The Bertz CT molecular complexity index is 147. The molecule has 11 heavy (non-hydrogen) atoms. The molecule has 1 atom stereocenters. The van der Waals surface area contributed by atoms with Crippen molar-refractivity contribution in [2.75, 3.05) is 20.6 Å². The summed E-state index contributed by atoms with van der Waals surface area (Å²) in [5.74, 6) is -0.294. The van der Waals surface area contributed by atoms with Crippen LogP contribution in [0.15, 0.2) is 0 Å². The van der Waals surface area contributed by atoms with Gasteiger partial charge >= 0.3 is 5.97 Å². The summed E-state index contributed by atoms with van der Waals surface area (Å²) in [5.41, 5.74) is 0. The van der Waals surface area contributed by atoms with E-state index in [4.69, 9.17) is 4.74 Å². The van der Waals surface area contributed by atoms with Gasteiger partial charge in [0.15, 0.2) is 0 Å². The Kier molecular flexibility index (Phi) is 4.98. The molecule has 64 valence electrons. The molecule has 0 rings (SSSR count). The Morgan fingerprint density at radius 2 is 2.27 bits per heavy atom. The monoisotopic (exact) mass is 175 g/mol. The topological polar surface area (TPSA) is 29.5 Å². The van der Waals surface area contributed by atoms with Crippen LogP contribution in [0.5, 0.6) is 0 Å². The fourth-order valence-electron chi connectivity index (χ4n) is 0.681. The van der Waals surface area contributed by atoms with Gasteiger partial charge in [-0.2, -0.15) is 0 Å². The second-order valence-electron chi connectivity index (χ2n) is 2.55. The van der Waals surface area contributed by atoms with Gasteiger partial charge in [-0.15, -0.1) is 0 Å². The average molecular weight is 175 g/mol. The second kappa shape index (κ2) is 5.21. The van der Waals surface area contributed by atoms with E-state index in [0.717, 1.165) is 0 Å². The third kappa shape index (κ3) is 5.94. The van der Waals surface area contributed by atoms with Crippen LogP contribution in [-0.4, -0.2) is 43.0 Å². The lowest BCUT2D eigenvalue weighted by atomic mass is 10.4. The van der Waals surface area contributed by atoms with E-state index in [1.54, 1.807) is 0 Å². The number of esters is 1. The molecule has 0 fully saturated rings. The molecule has 0 aliphatic heterocycles. The van der Waals surface area contributed by atoms with Crippen molar-refractivity contribution in [3.05, 3.63) is 0 Å². The van der Waals surface area contributed by atoms with E-state index in [1.807, 2.05) is 19.0 Å². The number of hydrogen-bond acceptors (Lipinski definition) is 4. The van der Waals surface area contributed by atoms with E-state index in [1.165, 1.54) is 12.3 Å². The van der Waals surface area contributed by atoms with Crippen LogP contribution < -0.4 is 0 Å². The fraction of sp³-hybridized carbons (Fsp3) is 0.714. The maximum Gasteiger partial charge on any atom is 0.303 e. The first kappa shape index (κ1) is 10.5. The van der Waals surface area contributed by atoms with Crippen molar-refractivity contribution in [2.45, 2.75) is 13.0 Å². The first-order chi connectivity index (χ1) is 5.06. The number of carbonyl (C=O) groups is 1. The van der Waals surface area contributed by atoms with Crippen LogP contribution in [0.4, 0.5) is 0 Å². The maximum absolute atomic E-state index is 10.5. The van der Waals surface area contributed by atoms with Crippen molar-refractivity contribution in [2.24, 2.45) is 0 Å². The van der Waals surface area contributed by atoms with Crippen LogP contribution in [-0.2, 0) is 9.53 Å². The van der Waals surface area contributed by atoms with Gasteiger partial charge in [-0.25, -0.2) is 0 Å². The Morgan fingerprint density at radius 3 is 2.55 bits per heavy atom. The normalized spacial score (nSPS) is 12.7. The quantitative estimate of drug-likeness (QED) is 0.459. The summed E-state index contributed by atoms with van der Waals surface area (Å²) in [5, 5.41) is 1.46.